The van der Waals surface area contributed by atoms with E-state index in [0.29, 0.717) is 0 Å². The summed E-state index contributed by atoms with van der Waals surface area (Å²) in [5, 5.41) is 0. The third-order valence-corrected chi connectivity index (χ3v) is 3.74. The molecule has 1 heteroatoms. The predicted molar refractivity (Wildman–Crippen MR) is 63.5 cm³/mol. The van der Waals surface area contributed by atoms with Gasteiger partial charge in [0.15, 0.2) is 0 Å². The van der Waals surface area contributed by atoms with Crippen LogP contribution in [0.5, 0.6) is 0 Å². The zero-order valence-corrected chi connectivity index (χ0v) is 10.4. The van der Waals surface area contributed by atoms with Crippen molar-refractivity contribution in [2.75, 3.05) is 13.1 Å². The van der Waals surface area contributed by atoms with Gasteiger partial charge in [0.1, 0.15) is 0 Å². The van der Waals surface area contributed by atoms with Gasteiger partial charge in [-0.3, -0.25) is 0 Å². The van der Waals surface area contributed by atoms with Crippen molar-refractivity contribution in [1.29, 1.82) is 0 Å². The van der Waals surface area contributed by atoms with Crippen molar-refractivity contribution < 1.29 is 0 Å². The fourth-order valence-corrected chi connectivity index (χ4v) is 2.35. The van der Waals surface area contributed by atoms with Crippen LogP contribution in [0.4, 0.5) is 0 Å². The maximum atomic E-state index is 2.67. The normalized spacial score (nSPS) is 22.9. The van der Waals surface area contributed by atoms with Gasteiger partial charge in [-0.2, -0.15) is 0 Å². The van der Waals surface area contributed by atoms with Gasteiger partial charge in [-0.25, -0.2) is 0 Å². The van der Waals surface area contributed by atoms with Crippen LogP contribution in [0.15, 0.2) is 0 Å². The van der Waals surface area contributed by atoms with E-state index >= 15 is 0 Å². The fraction of sp³-hybridized carbons (Fsp3) is 1.00. The van der Waals surface area contributed by atoms with E-state index in [1.165, 1.54) is 38.8 Å². The minimum absolute atomic E-state index is 0.802. The summed E-state index contributed by atoms with van der Waals surface area (Å²) in [6.07, 6.45) is 5.62. The minimum atomic E-state index is 0.802. The van der Waals surface area contributed by atoms with Gasteiger partial charge in [0.25, 0.3) is 0 Å². The molecule has 14 heavy (non-hydrogen) atoms. The zero-order valence-electron chi connectivity index (χ0n) is 10.4. The Bertz CT molecular complexity index is 147. The molecule has 0 aromatic heterocycles. The highest BCUT2D eigenvalue weighted by molar-refractivity contribution is 4.77. The molecule has 1 aliphatic heterocycles. The van der Waals surface area contributed by atoms with Crippen molar-refractivity contribution in [3.05, 3.63) is 0 Å². The SMILES string of the molecule is CC(C)CCC(C)C(C)N1CCCC1. The molecule has 1 fully saturated rings. The van der Waals surface area contributed by atoms with Gasteiger partial charge in [0, 0.05) is 6.04 Å². The summed E-state index contributed by atoms with van der Waals surface area (Å²) in [6, 6.07) is 0.802. The summed E-state index contributed by atoms with van der Waals surface area (Å²) >= 11 is 0. The molecule has 0 N–H and O–H groups in total. The second kappa shape index (κ2) is 5.75. The Balaban J connectivity index is 2.24. The summed E-state index contributed by atoms with van der Waals surface area (Å²) in [4.78, 5) is 2.67. The molecule has 2 unspecified atom stereocenters. The Morgan fingerprint density at radius 3 is 2.00 bits per heavy atom. The highest BCUT2D eigenvalue weighted by Crippen LogP contribution is 2.22. The lowest BCUT2D eigenvalue weighted by molar-refractivity contribution is 0.187. The molecule has 0 amide bonds. The molecule has 1 heterocycles. The predicted octanol–water partition coefficient (Wildman–Crippen LogP) is 3.54. The topological polar surface area (TPSA) is 3.24 Å². The van der Waals surface area contributed by atoms with E-state index in [2.05, 4.69) is 32.6 Å². The van der Waals surface area contributed by atoms with E-state index in [1.54, 1.807) is 0 Å². The van der Waals surface area contributed by atoms with E-state index in [1.807, 2.05) is 0 Å². The first-order valence-corrected chi connectivity index (χ1v) is 6.35. The van der Waals surface area contributed by atoms with Crippen LogP contribution in [0.25, 0.3) is 0 Å². The smallest absolute Gasteiger partial charge is 0.00925 e. The molecule has 0 aromatic rings. The van der Waals surface area contributed by atoms with Gasteiger partial charge >= 0.3 is 0 Å². The molecule has 0 saturated carbocycles. The van der Waals surface area contributed by atoms with Crippen LogP contribution >= 0.6 is 0 Å². The third kappa shape index (κ3) is 3.61. The van der Waals surface area contributed by atoms with Crippen LogP contribution in [0.1, 0.15) is 53.4 Å². The number of hydrogen-bond acceptors (Lipinski definition) is 1. The Morgan fingerprint density at radius 1 is 0.929 bits per heavy atom. The fourth-order valence-electron chi connectivity index (χ4n) is 2.35. The maximum absolute atomic E-state index is 2.67. The molecule has 1 nitrogen and oxygen atoms in total. The lowest BCUT2D eigenvalue weighted by atomic mass is 9.93. The van der Waals surface area contributed by atoms with E-state index in [4.69, 9.17) is 0 Å². The minimum Gasteiger partial charge on any atom is -0.300 e. The second-order valence-electron chi connectivity index (χ2n) is 5.43. The first-order valence-electron chi connectivity index (χ1n) is 6.35. The van der Waals surface area contributed by atoms with Crippen molar-refractivity contribution in [3.63, 3.8) is 0 Å². The van der Waals surface area contributed by atoms with E-state index in [0.717, 1.165) is 17.9 Å². The van der Waals surface area contributed by atoms with Gasteiger partial charge in [0.05, 0.1) is 0 Å². The van der Waals surface area contributed by atoms with Gasteiger partial charge in [-0.1, -0.05) is 27.2 Å². The molecular weight excluding hydrogens is 170 g/mol. The Labute approximate surface area is 89.9 Å². The van der Waals surface area contributed by atoms with Crippen molar-refractivity contribution in [2.24, 2.45) is 11.8 Å². The van der Waals surface area contributed by atoms with E-state index < -0.39 is 0 Å². The van der Waals surface area contributed by atoms with Crippen molar-refractivity contribution in [2.45, 2.75) is 59.4 Å². The van der Waals surface area contributed by atoms with Crippen LogP contribution in [0.2, 0.25) is 0 Å². The molecule has 1 rings (SSSR count). The molecule has 0 aromatic carbocycles. The number of hydrogen-bond donors (Lipinski definition) is 0. The summed E-state index contributed by atoms with van der Waals surface area (Å²) in [5.41, 5.74) is 0. The average Bonchev–Trinajstić information content (AvgIpc) is 2.65. The van der Waals surface area contributed by atoms with Crippen molar-refractivity contribution in [1.82, 2.24) is 4.90 Å². The average molecular weight is 197 g/mol. The second-order valence-corrected chi connectivity index (χ2v) is 5.43. The summed E-state index contributed by atoms with van der Waals surface area (Å²) < 4.78 is 0. The summed E-state index contributed by atoms with van der Waals surface area (Å²) in [6.45, 7) is 12.2. The third-order valence-electron chi connectivity index (χ3n) is 3.74. The van der Waals surface area contributed by atoms with E-state index in [9.17, 15) is 0 Å². The van der Waals surface area contributed by atoms with Gasteiger partial charge in [-0.05, 0) is 51.1 Å². The molecule has 1 aliphatic rings. The number of likely N-dealkylation sites (tertiary alicyclic amines) is 1. The van der Waals surface area contributed by atoms with Gasteiger partial charge in [0.2, 0.25) is 0 Å². The van der Waals surface area contributed by atoms with Gasteiger partial charge < -0.3 is 4.90 Å². The highest BCUT2D eigenvalue weighted by atomic mass is 15.2. The van der Waals surface area contributed by atoms with Crippen molar-refractivity contribution >= 4 is 0 Å². The molecule has 0 spiro atoms. The monoisotopic (exact) mass is 197 g/mol. The molecule has 1 saturated heterocycles. The lowest BCUT2D eigenvalue weighted by Gasteiger charge is -2.29. The van der Waals surface area contributed by atoms with Crippen molar-refractivity contribution in [3.8, 4) is 0 Å². The first-order chi connectivity index (χ1) is 6.61. The first kappa shape index (κ1) is 12.0. The Kier molecular flexibility index (Phi) is 4.94. The molecule has 0 aliphatic carbocycles. The standard InChI is InChI=1S/C13H27N/c1-11(2)7-8-12(3)13(4)14-9-5-6-10-14/h11-13H,5-10H2,1-4H3. The van der Waals surface area contributed by atoms with Crippen LogP contribution < -0.4 is 0 Å². The van der Waals surface area contributed by atoms with E-state index in [-0.39, 0.29) is 0 Å². The molecule has 84 valence electrons. The largest absolute Gasteiger partial charge is 0.300 e. The number of nitrogens with zero attached hydrogens (tertiary/aromatic N) is 1. The summed E-state index contributed by atoms with van der Waals surface area (Å²) in [5.74, 6) is 1.73. The van der Waals surface area contributed by atoms with Crippen LogP contribution in [-0.4, -0.2) is 24.0 Å². The molecule has 0 bridgehead atoms. The molecule has 0 radical (unpaired) electrons. The Hall–Kier alpha value is -0.0400. The quantitative estimate of drug-likeness (QED) is 0.651. The zero-order chi connectivity index (χ0) is 10.6. The van der Waals surface area contributed by atoms with Crippen LogP contribution in [-0.2, 0) is 0 Å². The lowest BCUT2D eigenvalue weighted by Crippen LogP contribution is -2.35. The molecular formula is C13H27N. The highest BCUT2D eigenvalue weighted by Gasteiger charge is 2.22. The Morgan fingerprint density at radius 2 is 1.50 bits per heavy atom. The number of rotatable bonds is 5. The van der Waals surface area contributed by atoms with Gasteiger partial charge in [-0.15, -0.1) is 0 Å². The summed E-state index contributed by atoms with van der Waals surface area (Å²) in [7, 11) is 0. The van der Waals surface area contributed by atoms with Crippen LogP contribution in [0, 0.1) is 11.8 Å². The molecule has 2 atom stereocenters. The van der Waals surface area contributed by atoms with Crippen LogP contribution in [0.3, 0.4) is 0 Å². The maximum Gasteiger partial charge on any atom is 0.00925 e.